The van der Waals surface area contributed by atoms with Gasteiger partial charge in [0.15, 0.2) is 22.9 Å². The fourth-order valence-corrected chi connectivity index (χ4v) is 2.03. The molecule has 0 unspecified atom stereocenters. The van der Waals surface area contributed by atoms with Gasteiger partial charge in [0.25, 0.3) is 0 Å². The molecule has 0 aliphatic heterocycles. The molecule has 0 spiro atoms. The molecule has 0 bridgehead atoms. The van der Waals surface area contributed by atoms with Crippen molar-refractivity contribution in [2.75, 3.05) is 12.9 Å². The Labute approximate surface area is 116 Å². The van der Waals surface area contributed by atoms with Crippen LogP contribution in [0.4, 0.5) is 0 Å². The molecule has 0 saturated heterocycles. The smallest absolute Gasteiger partial charge is 0.185 e. The van der Waals surface area contributed by atoms with Gasteiger partial charge in [-0.3, -0.25) is 9.59 Å². The molecule has 0 radical (unpaired) electrons. The summed E-state index contributed by atoms with van der Waals surface area (Å²) in [7, 11) is 1.43. The van der Waals surface area contributed by atoms with Crippen molar-refractivity contribution in [3.8, 4) is 11.5 Å². The molecule has 0 aliphatic carbocycles. The number of aldehydes is 1. The molecule has 19 heavy (non-hydrogen) atoms. The van der Waals surface area contributed by atoms with Gasteiger partial charge in [0.05, 0.1) is 7.11 Å². The van der Waals surface area contributed by atoms with Crippen molar-refractivity contribution < 1.29 is 19.4 Å². The Hall–Kier alpha value is -1.75. The minimum atomic E-state index is -0.00846. The summed E-state index contributed by atoms with van der Waals surface area (Å²) in [5.74, 6) is 0.960. The van der Waals surface area contributed by atoms with Crippen LogP contribution in [0, 0.1) is 0 Å². The van der Waals surface area contributed by atoms with E-state index in [1.807, 2.05) is 6.08 Å². The van der Waals surface area contributed by atoms with Crippen LogP contribution in [0.25, 0.3) is 6.08 Å². The highest BCUT2D eigenvalue weighted by atomic mass is 32.2. The number of allylic oxidation sites excluding steroid dienone is 1. The highest BCUT2D eigenvalue weighted by Crippen LogP contribution is 2.29. The van der Waals surface area contributed by atoms with Crippen LogP contribution < -0.4 is 4.74 Å². The number of phenols is 1. The second-order valence-corrected chi connectivity index (χ2v) is 5.07. The Morgan fingerprint density at radius 3 is 2.74 bits per heavy atom. The Morgan fingerprint density at radius 2 is 2.16 bits per heavy atom. The molecule has 1 aromatic rings. The summed E-state index contributed by atoms with van der Waals surface area (Å²) < 4.78 is 4.94. The van der Waals surface area contributed by atoms with Gasteiger partial charge in [0.2, 0.25) is 0 Å². The van der Waals surface area contributed by atoms with Crippen molar-refractivity contribution in [2.45, 2.75) is 13.3 Å². The molecule has 5 heteroatoms. The summed E-state index contributed by atoms with van der Waals surface area (Å²) in [6, 6.07) is 2.98. The van der Waals surface area contributed by atoms with Crippen molar-refractivity contribution in [3.05, 3.63) is 29.3 Å². The average molecular weight is 280 g/mol. The molecule has 1 N–H and O–H groups in total. The second-order valence-electron chi connectivity index (χ2n) is 3.80. The normalized spacial score (nSPS) is 10.6. The summed E-state index contributed by atoms with van der Waals surface area (Å²) >= 11 is 1.26. The average Bonchev–Trinajstić information content (AvgIpc) is 2.38. The van der Waals surface area contributed by atoms with Crippen molar-refractivity contribution in [2.24, 2.45) is 0 Å². The molecule has 0 heterocycles. The highest BCUT2D eigenvalue weighted by molar-refractivity contribution is 8.13. The maximum atomic E-state index is 11.0. The maximum absolute atomic E-state index is 11.0. The SMILES string of the molecule is COc1cc(C=O)c(C=CCCSC(C)=O)cc1O. The number of methoxy groups -OCH3 is 1. The van der Waals surface area contributed by atoms with Crippen LogP contribution in [0.2, 0.25) is 0 Å². The molecule has 0 fully saturated rings. The monoisotopic (exact) mass is 280 g/mol. The fraction of sp³-hybridized carbons (Fsp3) is 0.286. The first-order valence-corrected chi connectivity index (χ1v) is 6.73. The van der Waals surface area contributed by atoms with Gasteiger partial charge in [-0.25, -0.2) is 0 Å². The number of benzene rings is 1. The Bertz CT molecular complexity index is 494. The van der Waals surface area contributed by atoms with E-state index in [2.05, 4.69) is 0 Å². The standard InChI is InChI=1S/C14H16O4S/c1-10(16)19-6-4-3-5-11-7-13(17)14(18-2)8-12(11)9-15/h3,5,7-9,17H,4,6H2,1-2H3. The molecule has 0 aromatic heterocycles. The van der Waals surface area contributed by atoms with Crippen LogP contribution >= 0.6 is 11.8 Å². The summed E-state index contributed by atoms with van der Waals surface area (Å²) in [5, 5.41) is 9.75. The third kappa shape index (κ3) is 4.79. The minimum absolute atomic E-state index is 0.00846. The van der Waals surface area contributed by atoms with E-state index in [0.717, 1.165) is 6.42 Å². The van der Waals surface area contributed by atoms with Crippen LogP contribution in [0.1, 0.15) is 29.3 Å². The molecule has 0 saturated carbocycles. The van der Waals surface area contributed by atoms with E-state index in [-0.39, 0.29) is 16.6 Å². The van der Waals surface area contributed by atoms with Gasteiger partial charge in [-0.05, 0) is 24.1 Å². The molecule has 1 rings (SSSR count). The van der Waals surface area contributed by atoms with E-state index in [1.54, 1.807) is 6.08 Å². The number of phenolic OH excluding ortho intramolecular Hbond substituents is 1. The quantitative estimate of drug-likeness (QED) is 0.641. The molecule has 102 valence electrons. The molecular formula is C14H16O4S. The minimum Gasteiger partial charge on any atom is -0.504 e. The Kier molecular flexibility index (Phi) is 6.15. The number of rotatable bonds is 6. The lowest BCUT2D eigenvalue weighted by molar-refractivity contribution is -0.109. The van der Waals surface area contributed by atoms with Crippen LogP contribution in [-0.2, 0) is 4.79 Å². The van der Waals surface area contributed by atoms with Gasteiger partial charge >= 0.3 is 0 Å². The van der Waals surface area contributed by atoms with Gasteiger partial charge < -0.3 is 9.84 Å². The molecule has 4 nitrogen and oxygen atoms in total. The van der Waals surface area contributed by atoms with Crippen LogP contribution in [0.3, 0.4) is 0 Å². The molecule has 1 aromatic carbocycles. The first-order chi connectivity index (χ1) is 9.08. The number of aromatic hydroxyl groups is 1. The number of hydrogen-bond donors (Lipinski definition) is 1. The second kappa shape index (κ2) is 7.63. The van der Waals surface area contributed by atoms with Crippen LogP contribution in [0.5, 0.6) is 11.5 Å². The van der Waals surface area contributed by atoms with Crippen molar-refractivity contribution in [3.63, 3.8) is 0 Å². The third-order valence-electron chi connectivity index (χ3n) is 2.40. The van der Waals surface area contributed by atoms with E-state index in [4.69, 9.17) is 4.74 Å². The number of carbonyl (C=O) groups excluding carboxylic acids is 2. The zero-order valence-corrected chi connectivity index (χ0v) is 11.7. The number of carbonyl (C=O) groups is 2. The molecular weight excluding hydrogens is 264 g/mol. The highest BCUT2D eigenvalue weighted by Gasteiger charge is 2.07. The summed E-state index contributed by atoms with van der Waals surface area (Å²) in [6.07, 6.45) is 5.05. The van der Waals surface area contributed by atoms with Crippen molar-refractivity contribution in [1.82, 2.24) is 0 Å². The van der Waals surface area contributed by atoms with Crippen LogP contribution in [-0.4, -0.2) is 29.4 Å². The number of hydrogen-bond acceptors (Lipinski definition) is 5. The van der Waals surface area contributed by atoms with Gasteiger partial charge in [0.1, 0.15) is 0 Å². The summed E-state index contributed by atoms with van der Waals surface area (Å²) in [6.45, 7) is 1.53. The van der Waals surface area contributed by atoms with E-state index in [0.29, 0.717) is 23.2 Å². The zero-order chi connectivity index (χ0) is 14.3. The predicted octanol–water partition coefficient (Wildman–Crippen LogP) is 2.90. The van der Waals surface area contributed by atoms with Gasteiger partial charge in [-0.15, -0.1) is 0 Å². The van der Waals surface area contributed by atoms with Crippen molar-refractivity contribution >= 4 is 29.2 Å². The first-order valence-electron chi connectivity index (χ1n) is 5.74. The van der Waals surface area contributed by atoms with Gasteiger partial charge in [0, 0.05) is 18.2 Å². The Balaban J connectivity index is 2.77. The first kappa shape index (κ1) is 15.3. The van der Waals surface area contributed by atoms with E-state index in [1.165, 1.54) is 37.9 Å². The van der Waals surface area contributed by atoms with Crippen LogP contribution in [0.15, 0.2) is 18.2 Å². The van der Waals surface area contributed by atoms with E-state index >= 15 is 0 Å². The lowest BCUT2D eigenvalue weighted by Gasteiger charge is -2.06. The zero-order valence-electron chi connectivity index (χ0n) is 10.9. The summed E-state index contributed by atoms with van der Waals surface area (Å²) in [5.41, 5.74) is 1.08. The number of ether oxygens (including phenoxy) is 1. The Morgan fingerprint density at radius 1 is 1.42 bits per heavy atom. The third-order valence-corrected chi connectivity index (χ3v) is 3.25. The topological polar surface area (TPSA) is 63.6 Å². The fourth-order valence-electron chi connectivity index (χ4n) is 1.49. The van der Waals surface area contributed by atoms with Gasteiger partial charge in [-0.1, -0.05) is 23.9 Å². The number of thioether (sulfide) groups is 1. The molecule has 0 aliphatic rings. The maximum Gasteiger partial charge on any atom is 0.185 e. The van der Waals surface area contributed by atoms with E-state index in [9.17, 15) is 14.7 Å². The van der Waals surface area contributed by atoms with Crippen molar-refractivity contribution in [1.29, 1.82) is 0 Å². The lowest BCUT2D eigenvalue weighted by Crippen LogP contribution is -1.91. The summed E-state index contributed by atoms with van der Waals surface area (Å²) in [4.78, 5) is 21.7. The van der Waals surface area contributed by atoms with E-state index < -0.39 is 0 Å². The van der Waals surface area contributed by atoms with Gasteiger partial charge in [-0.2, -0.15) is 0 Å². The predicted molar refractivity (Wildman–Crippen MR) is 76.8 cm³/mol. The largest absolute Gasteiger partial charge is 0.504 e. The molecule has 0 amide bonds. The lowest BCUT2D eigenvalue weighted by atomic mass is 10.1. The molecule has 0 atom stereocenters.